The van der Waals surface area contributed by atoms with Crippen LogP contribution in [0.1, 0.15) is 25.0 Å². The summed E-state index contributed by atoms with van der Waals surface area (Å²) in [6.45, 7) is 6.45. The molecule has 0 amide bonds. The summed E-state index contributed by atoms with van der Waals surface area (Å²) < 4.78 is 0. The highest BCUT2D eigenvalue weighted by Gasteiger charge is 2.03. The van der Waals surface area contributed by atoms with Crippen LogP contribution in [0.3, 0.4) is 0 Å². The SMILES string of the molecule is Cc1cnccc1Nc1cnc(Nc2cccc(CC(C)C)c2)nc1. The Hall–Kier alpha value is -2.95. The number of benzene rings is 1. The van der Waals surface area contributed by atoms with Crippen LogP contribution in [0.15, 0.2) is 55.1 Å². The third-order valence-corrected chi connectivity index (χ3v) is 3.78. The van der Waals surface area contributed by atoms with Gasteiger partial charge in [-0.25, -0.2) is 9.97 Å². The fourth-order valence-corrected chi connectivity index (χ4v) is 2.60. The first-order valence-electron chi connectivity index (χ1n) is 8.46. The lowest BCUT2D eigenvalue weighted by atomic mass is 10.0. The van der Waals surface area contributed by atoms with E-state index in [1.54, 1.807) is 18.6 Å². The molecule has 0 aliphatic heterocycles. The van der Waals surface area contributed by atoms with Crippen LogP contribution in [0.5, 0.6) is 0 Å². The average Bonchev–Trinajstić information content (AvgIpc) is 2.58. The Balaban J connectivity index is 1.68. The van der Waals surface area contributed by atoms with Gasteiger partial charge in [0.05, 0.1) is 18.1 Å². The molecule has 5 heteroatoms. The van der Waals surface area contributed by atoms with Gasteiger partial charge in [-0.3, -0.25) is 4.98 Å². The molecule has 25 heavy (non-hydrogen) atoms. The molecule has 0 atom stereocenters. The summed E-state index contributed by atoms with van der Waals surface area (Å²) in [5.41, 5.74) is 5.23. The minimum atomic E-state index is 0.582. The summed E-state index contributed by atoms with van der Waals surface area (Å²) in [6, 6.07) is 10.3. The molecule has 0 radical (unpaired) electrons. The Morgan fingerprint density at radius 3 is 2.48 bits per heavy atom. The summed E-state index contributed by atoms with van der Waals surface area (Å²) in [5.74, 6) is 1.21. The van der Waals surface area contributed by atoms with Crippen molar-refractivity contribution in [1.29, 1.82) is 0 Å². The summed E-state index contributed by atoms with van der Waals surface area (Å²) in [7, 11) is 0. The third-order valence-electron chi connectivity index (χ3n) is 3.78. The van der Waals surface area contributed by atoms with Crippen molar-refractivity contribution in [3.8, 4) is 0 Å². The molecular formula is C20H23N5. The standard InChI is InChI=1S/C20H23N5/c1-14(2)9-16-5-4-6-17(10-16)25-20-22-12-18(13-23-20)24-19-7-8-21-11-15(19)3/h4-8,10-14H,9H2,1-3H3,(H,21,24)(H,22,23,25). The van der Waals surface area contributed by atoms with Crippen molar-refractivity contribution >= 4 is 23.0 Å². The van der Waals surface area contributed by atoms with Gasteiger partial charge in [-0.1, -0.05) is 26.0 Å². The Bertz CT molecular complexity index is 827. The number of aryl methyl sites for hydroxylation is 1. The Morgan fingerprint density at radius 1 is 0.960 bits per heavy atom. The highest BCUT2D eigenvalue weighted by atomic mass is 15.1. The lowest BCUT2D eigenvalue weighted by Gasteiger charge is -2.10. The van der Waals surface area contributed by atoms with Gasteiger partial charge < -0.3 is 10.6 Å². The molecule has 3 aromatic rings. The molecule has 5 nitrogen and oxygen atoms in total. The maximum atomic E-state index is 4.39. The second-order valence-corrected chi connectivity index (χ2v) is 6.53. The van der Waals surface area contributed by atoms with Crippen LogP contribution in [0, 0.1) is 12.8 Å². The van der Waals surface area contributed by atoms with E-state index in [1.807, 2.05) is 25.3 Å². The van der Waals surface area contributed by atoms with Crippen molar-refractivity contribution < 1.29 is 0 Å². The highest BCUT2D eigenvalue weighted by molar-refractivity contribution is 5.62. The summed E-state index contributed by atoms with van der Waals surface area (Å²) in [5, 5.41) is 6.56. The molecule has 0 saturated carbocycles. The zero-order valence-electron chi connectivity index (χ0n) is 14.8. The van der Waals surface area contributed by atoms with Gasteiger partial charge in [0.2, 0.25) is 5.95 Å². The van der Waals surface area contributed by atoms with Gasteiger partial charge in [0.15, 0.2) is 0 Å². The molecule has 0 spiro atoms. The maximum absolute atomic E-state index is 4.39. The number of hydrogen-bond donors (Lipinski definition) is 2. The highest BCUT2D eigenvalue weighted by Crippen LogP contribution is 2.20. The van der Waals surface area contributed by atoms with Gasteiger partial charge in [-0.15, -0.1) is 0 Å². The van der Waals surface area contributed by atoms with Crippen molar-refractivity contribution in [2.24, 2.45) is 5.92 Å². The van der Waals surface area contributed by atoms with Crippen LogP contribution in [-0.2, 0) is 6.42 Å². The number of aromatic nitrogens is 3. The van der Waals surface area contributed by atoms with E-state index in [0.29, 0.717) is 11.9 Å². The lowest BCUT2D eigenvalue weighted by Crippen LogP contribution is -2.00. The molecular weight excluding hydrogens is 310 g/mol. The number of nitrogens with zero attached hydrogens (tertiary/aromatic N) is 3. The molecule has 2 aromatic heterocycles. The molecule has 0 aliphatic carbocycles. The first-order chi connectivity index (χ1) is 12.1. The number of anilines is 4. The molecule has 3 rings (SSSR count). The summed E-state index contributed by atoms with van der Waals surface area (Å²) in [6.07, 6.45) is 8.18. The molecule has 1 aromatic carbocycles. The molecule has 128 valence electrons. The number of hydrogen-bond acceptors (Lipinski definition) is 5. The van der Waals surface area contributed by atoms with Crippen molar-refractivity contribution in [3.05, 3.63) is 66.2 Å². The predicted molar refractivity (Wildman–Crippen MR) is 103 cm³/mol. The average molecular weight is 333 g/mol. The minimum absolute atomic E-state index is 0.582. The van der Waals surface area contributed by atoms with Gasteiger partial charge in [-0.2, -0.15) is 0 Å². The number of pyridine rings is 1. The van der Waals surface area contributed by atoms with Gasteiger partial charge >= 0.3 is 0 Å². The molecule has 0 unspecified atom stereocenters. The summed E-state index contributed by atoms with van der Waals surface area (Å²) in [4.78, 5) is 12.9. The second kappa shape index (κ2) is 7.75. The van der Waals surface area contributed by atoms with E-state index in [2.05, 4.69) is 57.6 Å². The van der Waals surface area contributed by atoms with Gasteiger partial charge in [-0.05, 0) is 48.6 Å². The first kappa shape index (κ1) is 16.9. The van der Waals surface area contributed by atoms with E-state index in [4.69, 9.17) is 0 Å². The zero-order chi connectivity index (χ0) is 17.6. The van der Waals surface area contributed by atoms with Crippen molar-refractivity contribution in [2.75, 3.05) is 10.6 Å². The smallest absolute Gasteiger partial charge is 0.227 e. The van der Waals surface area contributed by atoms with E-state index in [9.17, 15) is 0 Å². The molecule has 0 bridgehead atoms. The number of nitrogens with one attached hydrogen (secondary N) is 2. The summed E-state index contributed by atoms with van der Waals surface area (Å²) >= 11 is 0. The molecule has 0 aliphatic rings. The third kappa shape index (κ3) is 4.76. The van der Waals surface area contributed by atoms with E-state index in [0.717, 1.165) is 29.0 Å². The van der Waals surface area contributed by atoms with Crippen LogP contribution in [0.2, 0.25) is 0 Å². The van der Waals surface area contributed by atoms with Crippen LogP contribution in [-0.4, -0.2) is 15.0 Å². The van der Waals surface area contributed by atoms with Crippen molar-refractivity contribution in [2.45, 2.75) is 27.2 Å². The predicted octanol–water partition coefficient (Wildman–Crippen LogP) is 4.87. The van der Waals surface area contributed by atoms with E-state index >= 15 is 0 Å². The molecule has 0 fully saturated rings. The fraction of sp³-hybridized carbons (Fsp3) is 0.250. The zero-order valence-corrected chi connectivity index (χ0v) is 14.8. The largest absolute Gasteiger partial charge is 0.353 e. The van der Waals surface area contributed by atoms with Gasteiger partial charge in [0.25, 0.3) is 0 Å². The van der Waals surface area contributed by atoms with Crippen LogP contribution < -0.4 is 10.6 Å². The normalized spacial score (nSPS) is 10.7. The minimum Gasteiger partial charge on any atom is -0.353 e. The Morgan fingerprint density at radius 2 is 1.76 bits per heavy atom. The van der Waals surface area contributed by atoms with Crippen LogP contribution in [0.25, 0.3) is 0 Å². The topological polar surface area (TPSA) is 62.7 Å². The van der Waals surface area contributed by atoms with Crippen LogP contribution >= 0.6 is 0 Å². The van der Waals surface area contributed by atoms with Crippen molar-refractivity contribution in [3.63, 3.8) is 0 Å². The van der Waals surface area contributed by atoms with E-state index < -0.39 is 0 Å². The van der Waals surface area contributed by atoms with E-state index in [-0.39, 0.29) is 0 Å². The maximum Gasteiger partial charge on any atom is 0.227 e. The van der Waals surface area contributed by atoms with Crippen molar-refractivity contribution in [1.82, 2.24) is 15.0 Å². The quantitative estimate of drug-likeness (QED) is 0.674. The number of rotatable bonds is 6. The second-order valence-electron chi connectivity index (χ2n) is 6.53. The molecule has 2 N–H and O–H groups in total. The van der Waals surface area contributed by atoms with Crippen LogP contribution in [0.4, 0.5) is 23.0 Å². The van der Waals surface area contributed by atoms with E-state index in [1.165, 1.54) is 5.56 Å². The van der Waals surface area contributed by atoms with Gasteiger partial charge in [0.1, 0.15) is 0 Å². The Labute approximate surface area is 148 Å². The molecule has 0 saturated heterocycles. The Kier molecular flexibility index (Phi) is 5.23. The first-order valence-corrected chi connectivity index (χ1v) is 8.46. The molecule has 2 heterocycles. The lowest BCUT2D eigenvalue weighted by molar-refractivity contribution is 0.647. The van der Waals surface area contributed by atoms with Gasteiger partial charge in [0, 0.05) is 23.8 Å². The monoisotopic (exact) mass is 333 g/mol. The fourth-order valence-electron chi connectivity index (χ4n) is 2.60.